The SMILES string of the molecule is CC1(C)CC[C@]2(NC(=O)C(C)(F)F)CC[C@]3(C)C(C(=O)C=C4[C@@]5(C)C=C(C#N)C(O)[C@@](C)(O)C5CC[C@]43C)C2C1. The minimum atomic E-state index is -3.51. The zero-order valence-corrected chi connectivity index (χ0v) is 24.8. The van der Waals surface area contributed by atoms with Gasteiger partial charge in [0, 0.05) is 29.7 Å². The van der Waals surface area contributed by atoms with Gasteiger partial charge in [-0.25, -0.2) is 0 Å². The lowest BCUT2D eigenvalue weighted by molar-refractivity contribution is -0.176. The Bertz CT molecular complexity index is 1260. The third kappa shape index (κ3) is 3.75. The topological polar surface area (TPSA) is 110 Å². The van der Waals surface area contributed by atoms with E-state index in [1.54, 1.807) is 19.1 Å². The fourth-order valence-corrected chi connectivity index (χ4v) is 10.0. The third-order valence-corrected chi connectivity index (χ3v) is 12.5. The fraction of sp³-hybridized carbons (Fsp3) is 0.781. The maximum atomic E-state index is 14.4. The third-order valence-electron chi connectivity index (χ3n) is 12.5. The lowest BCUT2D eigenvalue weighted by Gasteiger charge is -2.69. The van der Waals surface area contributed by atoms with Crippen molar-refractivity contribution in [1.82, 2.24) is 5.32 Å². The van der Waals surface area contributed by atoms with Gasteiger partial charge in [0.25, 0.3) is 5.91 Å². The van der Waals surface area contributed by atoms with E-state index in [1.165, 1.54) is 0 Å². The molecule has 3 N–H and O–H groups in total. The highest BCUT2D eigenvalue weighted by atomic mass is 19.3. The van der Waals surface area contributed by atoms with E-state index in [-0.39, 0.29) is 28.6 Å². The van der Waals surface area contributed by atoms with Gasteiger partial charge in [0.15, 0.2) is 5.78 Å². The first-order valence-corrected chi connectivity index (χ1v) is 14.7. The van der Waals surface area contributed by atoms with Gasteiger partial charge in [0.1, 0.15) is 6.10 Å². The number of halogens is 2. The quantitative estimate of drug-likeness (QED) is 0.429. The van der Waals surface area contributed by atoms with Gasteiger partial charge in [-0.2, -0.15) is 14.0 Å². The van der Waals surface area contributed by atoms with Crippen LogP contribution in [0.4, 0.5) is 8.78 Å². The second-order valence-corrected chi connectivity index (χ2v) is 15.4. The first-order chi connectivity index (χ1) is 18.2. The summed E-state index contributed by atoms with van der Waals surface area (Å²) in [4.78, 5) is 27.0. The van der Waals surface area contributed by atoms with Gasteiger partial charge in [-0.05, 0) is 80.1 Å². The summed E-state index contributed by atoms with van der Waals surface area (Å²) in [5.41, 5.74) is -3.35. The summed E-state index contributed by atoms with van der Waals surface area (Å²) < 4.78 is 28.3. The molecule has 5 rings (SSSR count). The number of aliphatic hydroxyl groups excluding tert-OH is 1. The van der Waals surface area contributed by atoms with E-state index >= 15 is 0 Å². The van der Waals surface area contributed by atoms with Gasteiger partial charge < -0.3 is 15.5 Å². The number of allylic oxidation sites excluding steroid dienone is 3. The molecule has 0 aromatic heterocycles. The van der Waals surface area contributed by atoms with Crippen molar-refractivity contribution in [1.29, 1.82) is 5.26 Å². The minimum Gasteiger partial charge on any atom is -0.387 e. The molecule has 0 saturated heterocycles. The number of aliphatic hydroxyl groups is 2. The Hall–Kier alpha value is -2.11. The Morgan fingerprint density at radius 2 is 1.73 bits per heavy atom. The van der Waals surface area contributed by atoms with Crippen LogP contribution in [-0.2, 0) is 9.59 Å². The monoisotopic (exact) mass is 558 g/mol. The van der Waals surface area contributed by atoms with Crippen LogP contribution in [-0.4, -0.2) is 45.1 Å². The van der Waals surface area contributed by atoms with Crippen molar-refractivity contribution in [2.45, 2.75) is 117 Å². The van der Waals surface area contributed by atoms with Crippen LogP contribution >= 0.6 is 0 Å². The van der Waals surface area contributed by atoms with E-state index in [9.17, 15) is 33.8 Å². The summed E-state index contributed by atoms with van der Waals surface area (Å²) in [6.07, 6.45) is 6.51. The molecule has 0 bridgehead atoms. The molecular weight excluding hydrogens is 514 g/mol. The number of alkyl halides is 2. The van der Waals surface area contributed by atoms with Crippen LogP contribution in [0.2, 0.25) is 0 Å². The van der Waals surface area contributed by atoms with E-state index in [2.05, 4.69) is 39.1 Å². The lowest BCUT2D eigenvalue weighted by Crippen LogP contribution is -2.70. The molecule has 0 spiro atoms. The molecule has 220 valence electrons. The molecule has 4 unspecified atom stereocenters. The fourth-order valence-electron chi connectivity index (χ4n) is 10.0. The average Bonchev–Trinajstić information content (AvgIpc) is 2.83. The van der Waals surface area contributed by atoms with Crippen LogP contribution in [0.1, 0.15) is 93.4 Å². The maximum absolute atomic E-state index is 14.4. The Labute approximate surface area is 236 Å². The van der Waals surface area contributed by atoms with Crippen LogP contribution in [0.5, 0.6) is 0 Å². The first kappa shape index (κ1) is 29.4. The number of ketones is 1. The van der Waals surface area contributed by atoms with E-state index in [0.717, 1.165) is 12.0 Å². The molecular formula is C32H44F2N2O4. The molecule has 6 nitrogen and oxygen atoms in total. The van der Waals surface area contributed by atoms with Gasteiger partial charge in [-0.3, -0.25) is 9.59 Å². The smallest absolute Gasteiger partial charge is 0.321 e. The molecule has 40 heavy (non-hydrogen) atoms. The summed E-state index contributed by atoms with van der Waals surface area (Å²) in [5, 5.41) is 34.9. The van der Waals surface area contributed by atoms with Crippen molar-refractivity contribution >= 4 is 11.7 Å². The highest BCUT2D eigenvalue weighted by Gasteiger charge is 2.70. The van der Waals surface area contributed by atoms with Crippen molar-refractivity contribution in [3.05, 3.63) is 23.3 Å². The molecule has 0 heterocycles. The van der Waals surface area contributed by atoms with Gasteiger partial charge in [0.05, 0.1) is 17.2 Å². The van der Waals surface area contributed by atoms with E-state index in [0.29, 0.717) is 45.4 Å². The van der Waals surface area contributed by atoms with Crippen LogP contribution in [0, 0.1) is 50.7 Å². The predicted octanol–water partition coefficient (Wildman–Crippen LogP) is 5.25. The molecule has 0 aliphatic heterocycles. The predicted molar refractivity (Wildman–Crippen MR) is 146 cm³/mol. The van der Waals surface area contributed by atoms with E-state index in [4.69, 9.17) is 0 Å². The van der Waals surface area contributed by atoms with Crippen LogP contribution in [0.25, 0.3) is 0 Å². The van der Waals surface area contributed by atoms with E-state index in [1.807, 2.05) is 6.92 Å². The standard InChI is InChI=1S/C32H44F2N2O4/c1-26(2)10-12-32(36-25(39)31(7,33)34)13-11-29(5)23(19(32)16-26)20(37)14-22-27(3)15-18(17-35)24(38)30(6,40)21(27)8-9-28(22,29)4/h14-15,19,21,23-24,38,40H,8-13,16H2,1-7H3,(H,36,39)/t19?,21?,23?,24?,27-,28+,29+,30-,32-/m0/s1. The van der Waals surface area contributed by atoms with Gasteiger partial charge in [0.2, 0.25) is 0 Å². The highest BCUT2D eigenvalue weighted by Crippen LogP contribution is 2.73. The van der Waals surface area contributed by atoms with Crippen molar-refractivity contribution in [2.24, 2.45) is 39.4 Å². The molecule has 1 amide bonds. The summed E-state index contributed by atoms with van der Waals surface area (Å²) in [6.45, 7) is 12.8. The molecule has 0 radical (unpaired) electrons. The maximum Gasteiger partial charge on any atom is 0.321 e. The van der Waals surface area contributed by atoms with Crippen molar-refractivity contribution in [3.63, 3.8) is 0 Å². The largest absolute Gasteiger partial charge is 0.387 e. The number of hydrogen-bond acceptors (Lipinski definition) is 5. The van der Waals surface area contributed by atoms with Gasteiger partial charge in [-0.15, -0.1) is 0 Å². The second-order valence-electron chi connectivity index (χ2n) is 15.4. The van der Waals surface area contributed by atoms with Crippen molar-refractivity contribution < 1.29 is 28.6 Å². The molecule has 3 saturated carbocycles. The number of rotatable bonds is 2. The van der Waals surface area contributed by atoms with Gasteiger partial charge >= 0.3 is 5.92 Å². The summed E-state index contributed by atoms with van der Waals surface area (Å²) in [6, 6.07) is 2.07. The minimum absolute atomic E-state index is 0.0706. The van der Waals surface area contributed by atoms with Crippen molar-refractivity contribution in [3.8, 4) is 6.07 Å². The number of hydrogen-bond donors (Lipinski definition) is 3. The number of nitrogens with zero attached hydrogens (tertiary/aromatic N) is 1. The number of carbonyl (C=O) groups excluding carboxylic acids is 2. The molecule has 8 heteroatoms. The normalized spacial score (nSPS) is 47.8. The summed E-state index contributed by atoms with van der Waals surface area (Å²) in [5.74, 6) is -6.01. The van der Waals surface area contributed by atoms with Crippen LogP contribution in [0.3, 0.4) is 0 Å². The number of nitriles is 1. The van der Waals surface area contributed by atoms with Gasteiger partial charge in [-0.1, -0.05) is 46.3 Å². The zero-order chi connectivity index (χ0) is 29.9. The zero-order valence-electron chi connectivity index (χ0n) is 24.8. The molecule has 0 aromatic rings. The highest BCUT2D eigenvalue weighted by molar-refractivity contribution is 5.96. The van der Waals surface area contributed by atoms with Crippen LogP contribution in [0.15, 0.2) is 23.3 Å². The number of nitrogens with one attached hydrogen (secondary N) is 1. The number of amides is 1. The Kier molecular flexibility index (Phi) is 6.22. The van der Waals surface area contributed by atoms with Crippen LogP contribution < -0.4 is 5.32 Å². The molecule has 5 aliphatic rings. The lowest BCUT2D eigenvalue weighted by atomic mass is 9.35. The molecule has 0 aromatic carbocycles. The molecule has 9 atom stereocenters. The molecule has 5 aliphatic carbocycles. The Morgan fingerprint density at radius 1 is 1.10 bits per heavy atom. The summed E-state index contributed by atoms with van der Waals surface area (Å²) >= 11 is 0. The number of carbonyl (C=O) groups is 2. The molecule has 3 fully saturated rings. The van der Waals surface area contributed by atoms with Crippen molar-refractivity contribution in [2.75, 3.05) is 0 Å². The summed E-state index contributed by atoms with van der Waals surface area (Å²) in [7, 11) is 0. The Balaban J connectivity index is 1.66. The second kappa shape index (κ2) is 8.47. The average molecular weight is 559 g/mol. The number of fused-ring (bicyclic) bond motifs is 7. The Morgan fingerprint density at radius 3 is 2.33 bits per heavy atom. The first-order valence-electron chi connectivity index (χ1n) is 14.7. The van der Waals surface area contributed by atoms with E-state index < -0.39 is 51.2 Å².